The average Bonchev–Trinajstić information content (AvgIpc) is 2.28. The standard InChI is InChI=1S/C12H10N2O3/c13-11-6-8(12(16)17)5-10(14-11)7-2-1-3-9(15)4-7/h1-6,15H,(H2,13,14)(H,16,17). The first-order chi connectivity index (χ1) is 8.06. The average molecular weight is 230 g/mol. The number of carboxylic acid groups (broad SMARTS) is 1. The smallest absolute Gasteiger partial charge is 0.335 e. The van der Waals surface area contributed by atoms with Crippen molar-refractivity contribution in [2.24, 2.45) is 0 Å². The van der Waals surface area contributed by atoms with Crippen molar-refractivity contribution in [2.75, 3.05) is 5.73 Å². The quantitative estimate of drug-likeness (QED) is 0.730. The van der Waals surface area contributed by atoms with E-state index in [-0.39, 0.29) is 17.1 Å². The van der Waals surface area contributed by atoms with E-state index < -0.39 is 5.97 Å². The molecule has 0 aliphatic heterocycles. The molecule has 4 N–H and O–H groups in total. The molecule has 0 aliphatic rings. The maximum Gasteiger partial charge on any atom is 0.335 e. The number of nitrogens with zero attached hydrogens (tertiary/aromatic N) is 1. The summed E-state index contributed by atoms with van der Waals surface area (Å²) in [5, 5.41) is 18.2. The van der Waals surface area contributed by atoms with Crippen molar-refractivity contribution in [3.05, 3.63) is 42.0 Å². The molecule has 0 aliphatic carbocycles. The number of rotatable bonds is 2. The fourth-order valence-electron chi connectivity index (χ4n) is 1.49. The van der Waals surface area contributed by atoms with E-state index in [0.717, 1.165) is 0 Å². The Bertz CT molecular complexity index is 582. The number of nitrogens with two attached hydrogens (primary N) is 1. The summed E-state index contributed by atoms with van der Waals surface area (Å²) >= 11 is 0. The van der Waals surface area contributed by atoms with Crippen LogP contribution in [-0.4, -0.2) is 21.2 Å². The fourth-order valence-corrected chi connectivity index (χ4v) is 1.49. The zero-order valence-electron chi connectivity index (χ0n) is 8.79. The number of nitrogen functional groups attached to an aromatic ring is 1. The van der Waals surface area contributed by atoms with E-state index in [2.05, 4.69) is 4.98 Å². The number of anilines is 1. The summed E-state index contributed by atoms with van der Waals surface area (Å²) in [5.41, 5.74) is 6.63. The van der Waals surface area contributed by atoms with Gasteiger partial charge in [-0.3, -0.25) is 0 Å². The largest absolute Gasteiger partial charge is 0.508 e. The van der Waals surface area contributed by atoms with Crippen LogP contribution in [0.3, 0.4) is 0 Å². The van der Waals surface area contributed by atoms with Gasteiger partial charge in [0.05, 0.1) is 11.3 Å². The molecule has 0 amide bonds. The van der Waals surface area contributed by atoms with Crippen molar-refractivity contribution in [2.45, 2.75) is 0 Å². The van der Waals surface area contributed by atoms with Crippen LogP contribution in [0.2, 0.25) is 0 Å². The second kappa shape index (κ2) is 4.13. The second-order valence-electron chi connectivity index (χ2n) is 3.52. The van der Waals surface area contributed by atoms with Gasteiger partial charge in [0.15, 0.2) is 0 Å². The molecular formula is C12H10N2O3. The van der Waals surface area contributed by atoms with E-state index in [1.165, 1.54) is 24.3 Å². The number of hydrogen-bond acceptors (Lipinski definition) is 4. The minimum absolute atomic E-state index is 0.0656. The zero-order valence-corrected chi connectivity index (χ0v) is 8.79. The number of pyridine rings is 1. The first kappa shape index (κ1) is 10.9. The van der Waals surface area contributed by atoms with Gasteiger partial charge in [-0.2, -0.15) is 0 Å². The van der Waals surface area contributed by atoms with Crippen molar-refractivity contribution >= 4 is 11.8 Å². The lowest BCUT2D eigenvalue weighted by Gasteiger charge is -2.04. The van der Waals surface area contributed by atoms with Crippen molar-refractivity contribution < 1.29 is 15.0 Å². The van der Waals surface area contributed by atoms with Crippen molar-refractivity contribution in [1.82, 2.24) is 4.98 Å². The first-order valence-corrected chi connectivity index (χ1v) is 4.86. The Morgan fingerprint density at radius 3 is 2.65 bits per heavy atom. The van der Waals surface area contributed by atoms with E-state index in [4.69, 9.17) is 10.8 Å². The predicted molar refractivity (Wildman–Crippen MR) is 62.7 cm³/mol. The second-order valence-corrected chi connectivity index (χ2v) is 3.52. The van der Waals surface area contributed by atoms with Crippen LogP contribution in [0.15, 0.2) is 36.4 Å². The topological polar surface area (TPSA) is 96.4 Å². The number of aromatic carboxylic acids is 1. The van der Waals surface area contributed by atoms with Crippen LogP contribution < -0.4 is 5.73 Å². The number of aromatic hydroxyl groups is 1. The third kappa shape index (κ3) is 2.34. The molecule has 17 heavy (non-hydrogen) atoms. The Morgan fingerprint density at radius 1 is 1.24 bits per heavy atom. The van der Waals surface area contributed by atoms with Crippen LogP contribution in [0.4, 0.5) is 5.82 Å². The number of phenols is 1. The molecule has 0 unspecified atom stereocenters. The minimum Gasteiger partial charge on any atom is -0.508 e. The van der Waals surface area contributed by atoms with Gasteiger partial charge in [0.1, 0.15) is 11.6 Å². The number of phenolic OH excluding ortho intramolecular Hbond substituents is 1. The molecule has 0 saturated carbocycles. The highest BCUT2D eigenvalue weighted by atomic mass is 16.4. The summed E-state index contributed by atoms with van der Waals surface area (Å²) < 4.78 is 0. The minimum atomic E-state index is -1.07. The van der Waals surface area contributed by atoms with Gasteiger partial charge in [-0.05, 0) is 24.3 Å². The molecule has 0 atom stereocenters. The Hall–Kier alpha value is -2.56. The maximum absolute atomic E-state index is 10.9. The number of benzene rings is 1. The summed E-state index contributed by atoms with van der Waals surface area (Å²) in [6, 6.07) is 9.08. The molecule has 5 nitrogen and oxygen atoms in total. The number of hydrogen-bond donors (Lipinski definition) is 3. The highest BCUT2D eigenvalue weighted by Gasteiger charge is 2.08. The molecule has 1 aromatic carbocycles. The van der Waals surface area contributed by atoms with Crippen LogP contribution in [0, 0.1) is 0 Å². The molecule has 0 fully saturated rings. The summed E-state index contributed by atoms with van der Waals surface area (Å²) in [7, 11) is 0. The number of carbonyl (C=O) groups is 1. The molecule has 0 bridgehead atoms. The van der Waals surface area contributed by atoms with Crippen molar-refractivity contribution in [1.29, 1.82) is 0 Å². The molecule has 0 radical (unpaired) electrons. The molecule has 0 spiro atoms. The normalized spacial score (nSPS) is 10.1. The van der Waals surface area contributed by atoms with E-state index in [1.807, 2.05) is 0 Å². The van der Waals surface area contributed by atoms with Gasteiger partial charge in [-0.1, -0.05) is 12.1 Å². The molecule has 1 aromatic heterocycles. The third-order valence-corrected chi connectivity index (χ3v) is 2.23. The Balaban J connectivity index is 2.56. The predicted octanol–water partition coefficient (Wildman–Crippen LogP) is 1.73. The summed E-state index contributed by atoms with van der Waals surface area (Å²) in [5.74, 6) is -0.854. The van der Waals surface area contributed by atoms with Crippen molar-refractivity contribution in [3.8, 4) is 17.0 Å². The van der Waals surface area contributed by atoms with Crippen LogP contribution >= 0.6 is 0 Å². The zero-order chi connectivity index (χ0) is 12.4. The lowest BCUT2D eigenvalue weighted by atomic mass is 10.1. The number of aromatic nitrogens is 1. The van der Waals surface area contributed by atoms with Crippen LogP contribution in [-0.2, 0) is 0 Å². The van der Waals surface area contributed by atoms with E-state index >= 15 is 0 Å². The lowest BCUT2D eigenvalue weighted by Crippen LogP contribution is -2.01. The molecule has 1 heterocycles. The molecule has 86 valence electrons. The summed E-state index contributed by atoms with van der Waals surface area (Å²) in [6.45, 7) is 0. The van der Waals surface area contributed by atoms with E-state index in [0.29, 0.717) is 11.3 Å². The maximum atomic E-state index is 10.9. The molecule has 2 rings (SSSR count). The highest BCUT2D eigenvalue weighted by Crippen LogP contribution is 2.23. The van der Waals surface area contributed by atoms with Gasteiger partial charge < -0.3 is 15.9 Å². The van der Waals surface area contributed by atoms with Crippen LogP contribution in [0.5, 0.6) is 5.75 Å². The highest BCUT2D eigenvalue weighted by molar-refractivity contribution is 5.90. The summed E-state index contributed by atoms with van der Waals surface area (Å²) in [4.78, 5) is 14.9. The van der Waals surface area contributed by atoms with Crippen LogP contribution in [0.1, 0.15) is 10.4 Å². The monoisotopic (exact) mass is 230 g/mol. The SMILES string of the molecule is Nc1cc(C(=O)O)cc(-c2cccc(O)c2)n1. The molecule has 0 saturated heterocycles. The Morgan fingerprint density at radius 2 is 2.00 bits per heavy atom. The van der Waals surface area contributed by atoms with Gasteiger partial charge in [0.2, 0.25) is 0 Å². The fraction of sp³-hybridized carbons (Fsp3) is 0. The van der Waals surface area contributed by atoms with Crippen molar-refractivity contribution in [3.63, 3.8) is 0 Å². The van der Waals surface area contributed by atoms with Gasteiger partial charge in [0.25, 0.3) is 0 Å². The lowest BCUT2D eigenvalue weighted by molar-refractivity contribution is 0.0697. The Kier molecular flexibility index (Phi) is 2.66. The van der Waals surface area contributed by atoms with E-state index in [9.17, 15) is 9.90 Å². The summed E-state index contributed by atoms with van der Waals surface area (Å²) in [6.07, 6.45) is 0. The van der Waals surface area contributed by atoms with Gasteiger partial charge >= 0.3 is 5.97 Å². The number of carboxylic acids is 1. The molecular weight excluding hydrogens is 220 g/mol. The van der Waals surface area contributed by atoms with Gasteiger partial charge in [-0.15, -0.1) is 0 Å². The third-order valence-electron chi connectivity index (χ3n) is 2.23. The van der Waals surface area contributed by atoms with Crippen LogP contribution in [0.25, 0.3) is 11.3 Å². The first-order valence-electron chi connectivity index (χ1n) is 4.86. The van der Waals surface area contributed by atoms with Gasteiger partial charge in [-0.25, -0.2) is 9.78 Å². The van der Waals surface area contributed by atoms with E-state index in [1.54, 1.807) is 12.1 Å². The molecule has 5 heteroatoms. The van der Waals surface area contributed by atoms with Gasteiger partial charge in [0, 0.05) is 5.56 Å². The Labute approximate surface area is 97.2 Å². The molecule has 2 aromatic rings.